The molecule has 2 rings (SSSR count). The van der Waals surface area contributed by atoms with Gasteiger partial charge in [0.05, 0.1) is 0 Å². The summed E-state index contributed by atoms with van der Waals surface area (Å²) < 4.78 is 1.71. The smallest absolute Gasteiger partial charge is 0.244 e. The van der Waals surface area contributed by atoms with E-state index in [9.17, 15) is 4.79 Å². The second-order valence-electron chi connectivity index (χ2n) is 4.61. The Labute approximate surface area is 112 Å². The molecule has 0 spiro atoms. The fourth-order valence-corrected chi connectivity index (χ4v) is 1.84. The minimum atomic E-state index is -0.345. The molecule has 1 amide bonds. The lowest BCUT2D eigenvalue weighted by atomic mass is 10.3. The molecule has 2 aromatic rings. The highest BCUT2D eigenvalue weighted by Gasteiger charge is 2.18. The van der Waals surface area contributed by atoms with E-state index in [1.807, 2.05) is 39.1 Å². The molecule has 19 heavy (non-hydrogen) atoms. The fourth-order valence-electron chi connectivity index (χ4n) is 1.84. The van der Waals surface area contributed by atoms with Crippen molar-refractivity contribution in [1.29, 1.82) is 0 Å². The first kappa shape index (κ1) is 13.3. The van der Waals surface area contributed by atoms with Gasteiger partial charge in [-0.1, -0.05) is 6.07 Å². The predicted octanol–water partition coefficient (Wildman–Crippen LogP) is 1.32. The van der Waals surface area contributed by atoms with Gasteiger partial charge in [0.2, 0.25) is 11.9 Å². The van der Waals surface area contributed by atoms with Crippen molar-refractivity contribution in [3.63, 3.8) is 0 Å². The van der Waals surface area contributed by atoms with E-state index in [-0.39, 0.29) is 11.9 Å². The van der Waals surface area contributed by atoms with E-state index in [0.29, 0.717) is 12.5 Å². The van der Waals surface area contributed by atoms with Crippen LogP contribution in [0.5, 0.6) is 0 Å². The van der Waals surface area contributed by atoms with Gasteiger partial charge < -0.3 is 10.2 Å². The molecule has 1 N–H and O–H groups in total. The zero-order chi connectivity index (χ0) is 14.0. The highest BCUT2D eigenvalue weighted by atomic mass is 16.2. The first-order chi connectivity index (χ1) is 9.02. The molecule has 0 saturated heterocycles. The third kappa shape index (κ3) is 2.67. The summed E-state index contributed by atoms with van der Waals surface area (Å²) in [5, 5.41) is 7.34. The van der Waals surface area contributed by atoms with E-state index < -0.39 is 0 Å². The minimum Gasteiger partial charge on any atom is -0.344 e. The number of nitrogens with zero attached hydrogens (tertiary/aromatic N) is 4. The average molecular weight is 261 g/mol. The van der Waals surface area contributed by atoms with E-state index >= 15 is 0 Å². The summed E-state index contributed by atoms with van der Waals surface area (Å²) in [7, 11) is 1.78. The second-order valence-corrected chi connectivity index (χ2v) is 4.61. The van der Waals surface area contributed by atoms with Crippen molar-refractivity contribution in [1.82, 2.24) is 19.5 Å². The van der Waals surface area contributed by atoms with Gasteiger partial charge in [0.15, 0.2) is 5.65 Å². The molecular weight excluding hydrogens is 242 g/mol. The number of pyridine rings is 1. The summed E-state index contributed by atoms with van der Waals surface area (Å²) in [6.45, 7) is 6.42. The van der Waals surface area contributed by atoms with Gasteiger partial charge in [-0.2, -0.15) is 4.98 Å². The molecule has 0 aliphatic rings. The van der Waals surface area contributed by atoms with Gasteiger partial charge in [-0.3, -0.25) is 4.79 Å². The lowest BCUT2D eigenvalue weighted by molar-refractivity contribution is -0.130. The number of carbonyl (C=O) groups excluding carboxylic acids is 1. The molecule has 1 atom stereocenters. The maximum absolute atomic E-state index is 12.0. The van der Waals surface area contributed by atoms with Crippen molar-refractivity contribution in [2.75, 3.05) is 18.9 Å². The summed E-state index contributed by atoms with van der Waals surface area (Å²) in [4.78, 5) is 18.0. The molecule has 0 fully saturated rings. The number of hydrogen-bond donors (Lipinski definition) is 1. The van der Waals surface area contributed by atoms with Crippen LogP contribution in [0.25, 0.3) is 5.65 Å². The molecule has 6 heteroatoms. The molecule has 2 heterocycles. The van der Waals surface area contributed by atoms with Gasteiger partial charge >= 0.3 is 0 Å². The van der Waals surface area contributed by atoms with Crippen molar-refractivity contribution in [3.8, 4) is 0 Å². The number of anilines is 1. The van der Waals surface area contributed by atoms with Gasteiger partial charge in [-0.25, -0.2) is 4.52 Å². The maximum atomic E-state index is 12.0. The zero-order valence-corrected chi connectivity index (χ0v) is 11.7. The van der Waals surface area contributed by atoms with Gasteiger partial charge in [-0.15, -0.1) is 5.10 Å². The van der Waals surface area contributed by atoms with Gasteiger partial charge in [-0.05, 0) is 32.4 Å². The Bertz CT molecular complexity index is 592. The number of carbonyl (C=O) groups is 1. The quantitative estimate of drug-likeness (QED) is 0.901. The van der Waals surface area contributed by atoms with Crippen LogP contribution in [0, 0.1) is 6.92 Å². The first-order valence-electron chi connectivity index (χ1n) is 6.36. The van der Waals surface area contributed by atoms with E-state index in [4.69, 9.17) is 0 Å². The number of aryl methyl sites for hydroxylation is 1. The summed E-state index contributed by atoms with van der Waals surface area (Å²) in [5.74, 6) is 0.498. The summed E-state index contributed by atoms with van der Waals surface area (Å²) in [6, 6.07) is 3.55. The van der Waals surface area contributed by atoms with E-state index in [0.717, 1.165) is 11.2 Å². The summed E-state index contributed by atoms with van der Waals surface area (Å²) in [5.41, 5.74) is 1.85. The highest BCUT2D eigenvalue weighted by Crippen LogP contribution is 2.10. The molecule has 0 saturated carbocycles. The van der Waals surface area contributed by atoms with Crippen LogP contribution >= 0.6 is 0 Å². The van der Waals surface area contributed by atoms with Crippen LogP contribution in [0.2, 0.25) is 0 Å². The standard InChI is InChI=1S/C13H19N5O/c1-5-17(4)12(19)10(3)14-13-15-11-9(2)7-6-8-18(11)16-13/h6-8,10H,5H2,1-4H3,(H,14,16). The van der Waals surface area contributed by atoms with Gasteiger partial charge in [0.1, 0.15) is 6.04 Å². The van der Waals surface area contributed by atoms with Crippen molar-refractivity contribution in [3.05, 3.63) is 23.9 Å². The Balaban J connectivity index is 2.17. The van der Waals surface area contributed by atoms with Crippen molar-refractivity contribution in [2.24, 2.45) is 0 Å². The molecule has 0 radical (unpaired) electrons. The first-order valence-corrected chi connectivity index (χ1v) is 6.36. The maximum Gasteiger partial charge on any atom is 0.244 e. The number of amides is 1. The van der Waals surface area contributed by atoms with E-state index in [1.165, 1.54) is 0 Å². The van der Waals surface area contributed by atoms with Gasteiger partial charge in [0.25, 0.3) is 0 Å². The van der Waals surface area contributed by atoms with Crippen molar-refractivity contribution < 1.29 is 4.79 Å². The monoisotopic (exact) mass is 261 g/mol. The molecule has 0 bridgehead atoms. The third-order valence-corrected chi connectivity index (χ3v) is 3.12. The Morgan fingerprint density at radius 1 is 1.58 bits per heavy atom. The van der Waals surface area contributed by atoms with Crippen molar-refractivity contribution >= 4 is 17.5 Å². The van der Waals surface area contributed by atoms with Crippen LogP contribution in [0.1, 0.15) is 19.4 Å². The van der Waals surface area contributed by atoms with E-state index in [1.54, 1.807) is 16.5 Å². The number of aromatic nitrogens is 3. The lowest BCUT2D eigenvalue weighted by Gasteiger charge is -2.19. The van der Waals surface area contributed by atoms with Crippen LogP contribution in [0.4, 0.5) is 5.95 Å². The number of nitrogens with one attached hydrogen (secondary N) is 1. The molecule has 102 valence electrons. The van der Waals surface area contributed by atoms with Crippen LogP contribution < -0.4 is 5.32 Å². The topological polar surface area (TPSA) is 62.5 Å². The van der Waals surface area contributed by atoms with Crippen molar-refractivity contribution in [2.45, 2.75) is 26.8 Å². The second kappa shape index (κ2) is 5.26. The van der Waals surface area contributed by atoms with Crippen LogP contribution in [0.3, 0.4) is 0 Å². The van der Waals surface area contributed by atoms with Crippen LogP contribution in [0.15, 0.2) is 18.3 Å². The average Bonchev–Trinajstić information content (AvgIpc) is 2.80. The van der Waals surface area contributed by atoms with Gasteiger partial charge in [0, 0.05) is 19.8 Å². The molecule has 6 nitrogen and oxygen atoms in total. The van der Waals surface area contributed by atoms with Crippen LogP contribution in [-0.4, -0.2) is 45.0 Å². The normalized spacial score (nSPS) is 12.4. The summed E-state index contributed by atoms with van der Waals surface area (Å²) in [6.07, 6.45) is 1.84. The molecule has 0 aliphatic carbocycles. The molecule has 0 aromatic carbocycles. The minimum absolute atomic E-state index is 0.0260. The lowest BCUT2D eigenvalue weighted by Crippen LogP contribution is -2.39. The zero-order valence-electron chi connectivity index (χ0n) is 11.7. The number of hydrogen-bond acceptors (Lipinski definition) is 4. The third-order valence-electron chi connectivity index (χ3n) is 3.12. The number of rotatable bonds is 4. The predicted molar refractivity (Wildman–Crippen MR) is 74.1 cm³/mol. The fraction of sp³-hybridized carbons (Fsp3) is 0.462. The molecule has 0 aliphatic heterocycles. The Morgan fingerprint density at radius 3 is 2.95 bits per heavy atom. The summed E-state index contributed by atoms with van der Waals surface area (Å²) >= 11 is 0. The van der Waals surface area contributed by atoms with Crippen LogP contribution in [-0.2, 0) is 4.79 Å². The highest BCUT2D eigenvalue weighted by molar-refractivity contribution is 5.83. The molecular formula is C13H19N5O. The Kier molecular flexibility index (Phi) is 3.69. The largest absolute Gasteiger partial charge is 0.344 e. The molecule has 2 aromatic heterocycles. The number of likely N-dealkylation sites (N-methyl/N-ethyl adjacent to an activating group) is 1. The SMILES string of the molecule is CCN(C)C(=O)C(C)Nc1nc2c(C)cccn2n1. The Morgan fingerprint density at radius 2 is 2.32 bits per heavy atom. The van der Waals surface area contributed by atoms with E-state index in [2.05, 4.69) is 15.4 Å². The molecule has 1 unspecified atom stereocenters. The Hall–Kier alpha value is -2.11. The number of fused-ring (bicyclic) bond motifs is 1.